The molecule has 2 aliphatic rings. The van der Waals surface area contributed by atoms with Crippen molar-refractivity contribution < 1.29 is 9.59 Å². The maximum atomic E-state index is 13.0. The first-order valence-electron chi connectivity index (χ1n) is 19.1. The Kier molecular flexibility index (Phi) is 18.0. The zero-order valence-electron chi connectivity index (χ0n) is 30.3. The average molecular weight is 599 g/mol. The summed E-state index contributed by atoms with van der Waals surface area (Å²) in [7, 11) is 0. The van der Waals surface area contributed by atoms with Crippen LogP contribution < -0.4 is 0 Å². The molecule has 2 nitrogen and oxygen atoms in total. The van der Waals surface area contributed by atoms with E-state index in [1.807, 2.05) is 0 Å². The Hall–Kier alpha value is -0.920. The molecule has 2 aliphatic carbocycles. The standard InChI is InChI=1S/C41H74O2/c1-10-36(23-24-42)20-17-29(3)25-32(6)27-34(8)41(43)22-19-30(4)26-33(7)37(11-2)15-13-12-14-16-38-35(9)40-28-31(5)18-21-39(38)40/h13,15,24,29-40H,10-12,14,16-23,25-28H2,1-9H3/b15-13-/t29?,30?,31?,32-,33?,34?,35?,36?,37?,38?,39?,40?/m1/s1. The number of fused-ring (bicyclic) bond motifs is 1. The van der Waals surface area contributed by atoms with Crippen molar-refractivity contribution >= 4 is 12.1 Å². The molecule has 0 aromatic carbocycles. The monoisotopic (exact) mass is 599 g/mol. The molecule has 0 heterocycles. The van der Waals surface area contributed by atoms with Gasteiger partial charge in [0.2, 0.25) is 0 Å². The Balaban J connectivity index is 1.62. The number of hydrogen-bond acceptors (Lipinski definition) is 2. The molecule has 11 unspecified atom stereocenters. The zero-order chi connectivity index (χ0) is 31.9. The number of hydrogen-bond donors (Lipinski definition) is 0. The van der Waals surface area contributed by atoms with Gasteiger partial charge in [-0.2, -0.15) is 0 Å². The second kappa shape index (κ2) is 20.3. The molecule has 0 aromatic rings. The van der Waals surface area contributed by atoms with Crippen molar-refractivity contribution in [2.24, 2.45) is 71.0 Å². The van der Waals surface area contributed by atoms with Gasteiger partial charge < -0.3 is 4.79 Å². The number of aldehydes is 1. The summed E-state index contributed by atoms with van der Waals surface area (Å²) in [6, 6.07) is 0. The molecule has 0 amide bonds. The van der Waals surface area contributed by atoms with Crippen LogP contribution in [-0.4, -0.2) is 12.1 Å². The van der Waals surface area contributed by atoms with Gasteiger partial charge in [-0.1, -0.05) is 93.7 Å². The molecule has 0 N–H and O–H groups in total. The summed E-state index contributed by atoms with van der Waals surface area (Å²) in [5, 5.41) is 0. The maximum absolute atomic E-state index is 13.0. The number of carbonyl (C=O) groups is 2. The van der Waals surface area contributed by atoms with E-state index in [9.17, 15) is 9.59 Å². The number of ketones is 1. The van der Waals surface area contributed by atoms with Crippen LogP contribution in [0, 0.1) is 71.0 Å². The highest BCUT2D eigenvalue weighted by Gasteiger charge is 2.48. The molecule has 2 heteroatoms. The molecular weight excluding hydrogens is 524 g/mol. The van der Waals surface area contributed by atoms with Crippen LogP contribution in [0.3, 0.4) is 0 Å². The Labute approximate surface area is 269 Å². The molecule has 43 heavy (non-hydrogen) atoms. The third-order valence-corrected chi connectivity index (χ3v) is 12.5. The first-order valence-corrected chi connectivity index (χ1v) is 19.1. The van der Waals surface area contributed by atoms with E-state index >= 15 is 0 Å². The van der Waals surface area contributed by atoms with Crippen molar-refractivity contribution in [1.82, 2.24) is 0 Å². The highest BCUT2D eigenvalue weighted by atomic mass is 16.1. The van der Waals surface area contributed by atoms with Gasteiger partial charge in [0.05, 0.1) is 0 Å². The molecule has 0 aromatic heterocycles. The predicted octanol–water partition coefficient (Wildman–Crippen LogP) is 12.2. The summed E-state index contributed by atoms with van der Waals surface area (Å²) >= 11 is 0. The lowest BCUT2D eigenvalue weighted by atomic mass is 9.50. The van der Waals surface area contributed by atoms with E-state index in [2.05, 4.69) is 74.5 Å². The minimum Gasteiger partial charge on any atom is -0.303 e. The highest BCUT2D eigenvalue weighted by Crippen LogP contribution is 2.56. The quantitative estimate of drug-likeness (QED) is 0.0666. The normalized spacial score (nSPS) is 28.7. The van der Waals surface area contributed by atoms with Crippen LogP contribution in [0.4, 0.5) is 0 Å². The Morgan fingerprint density at radius 2 is 1.56 bits per heavy atom. The Morgan fingerprint density at radius 3 is 2.23 bits per heavy atom. The molecule has 2 fully saturated rings. The second-order valence-corrected chi connectivity index (χ2v) is 16.4. The fraction of sp³-hybridized carbons (Fsp3) is 0.902. The van der Waals surface area contributed by atoms with Crippen LogP contribution in [0.5, 0.6) is 0 Å². The molecular formula is C41H74O2. The molecule has 2 saturated carbocycles. The van der Waals surface area contributed by atoms with Crippen molar-refractivity contribution in [3.05, 3.63) is 12.2 Å². The molecule has 0 saturated heterocycles. The van der Waals surface area contributed by atoms with Crippen LogP contribution in [0.25, 0.3) is 0 Å². The van der Waals surface area contributed by atoms with Crippen molar-refractivity contribution in [2.75, 3.05) is 0 Å². The second-order valence-electron chi connectivity index (χ2n) is 16.4. The first-order chi connectivity index (χ1) is 20.5. The summed E-state index contributed by atoms with van der Waals surface area (Å²) in [4.78, 5) is 23.9. The predicted molar refractivity (Wildman–Crippen MR) is 187 cm³/mol. The van der Waals surface area contributed by atoms with Crippen molar-refractivity contribution in [2.45, 2.75) is 165 Å². The molecule has 12 atom stereocenters. The van der Waals surface area contributed by atoms with Gasteiger partial charge in [-0.05, 0) is 136 Å². The fourth-order valence-electron chi connectivity index (χ4n) is 9.44. The largest absolute Gasteiger partial charge is 0.303 e. The minimum atomic E-state index is 0.173. The van der Waals surface area contributed by atoms with E-state index in [1.165, 1.54) is 64.2 Å². The first kappa shape index (κ1) is 38.3. The number of Topliss-reactive ketones (excluding diaryl/α,β-unsaturated/α-hetero) is 1. The smallest absolute Gasteiger partial charge is 0.135 e. The van der Waals surface area contributed by atoms with Crippen molar-refractivity contribution in [3.8, 4) is 0 Å². The molecule has 0 spiro atoms. The van der Waals surface area contributed by atoms with Gasteiger partial charge in [-0.15, -0.1) is 0 Å². The van der Waals surface area contributed by atoms with Crippen LogP contribution >= 0.6 is 0 Å². The summed E-state index contributed by atoms with van der Waals surface area (Å²) in [6.45, 7) is 21.2. The molecule has 0 aliphatic heterocycles. The van der Waals surface area contributed by atoms with Gasteiger partial charge in [0.1, 0.15) is 12.1 Å². The third-order valence-electron chi connectivity index (χ3n) is 12.5. The van der Waals surface area contributed by atoms with E-state index < -0.39 is 0 Å². The van der Waals surface area contributed by atoms with E-state index in [0.29, 0.717) is 47.7 Å². The number of carbonyl (C=O) groups excluding carboxylic acids is 2. The lowest BCUT2D eigenvalue weighted by Gasteiger charge is -2.55. The number of rotatable bonds is 23. The summed E-state index contributed by atoms with van der Waals surface area (Å²) < 4.78 is 0. The van der Waals surface area contributed by atoms with Crippen molar-refractivity contribution in [1.29, 1.82) is 0 Å². The van der Waals surface area contributed by atoms with E-state index in [1.54, 1.807) is 0 Å². The van der Waals surface area contributed by atoms with Crippen LogP contribution in [0.15, 0.2) is 12.2 Å². The van der Waals surface area contributed by atoms with E-state index in [0.717, 1.165) is 68.0 Å². The van der Waals surface area contributed by atoms with Gasteiger partial charge in [0.25, 0.3) is 0 Å². The Bertz CT molecular complexity index is 800. The van der Waals surface area contributed by atoms with Crippen LogP contribution in [-0.2, 0) is 9.59 Å². The number of allylic oxidation sites excluding steroid dienone is 2. The van der Waals surface area contributed by atoms with Gasteiger partial charge in [0, 0.05) is 18.8 Å². The Morgan fingerprint density at radius 1 is 0.837 bits per heavy atom. The average Bonchev–Trinajstić information content (AvgIpc) is 2.97. The van der Waals surface area contributed by atoms with Gasteiger partial charge in [-0.25, -0.2) is 0 Å². The van der Waals surface area contributed by atoms with E-state index in [4.69, 9.17) is 0 Å². The molecule has 0 bridgehead atoms. The highest BCUT2D eigenvalue weighted by molar-refractivity contribution is 5.80. The fourth-order valence-corrected chi connectivity index (χ4v) is 9.44. The van der Waals surface area contributed by atoms with Crippen LogP contribution in [0.2, 0.25) is 0 Å². The van der Waals surface area contributed by atoms with Crippen molar-refractivity contribution in [3.63, 3.8) is 0 Å². The number of unbranched alkanes of at least 4 members (excludes halogenated alkanes) is 1. The van der Waals surface area contributed by atoms with Gasteiger partial charge >= 0.3 is 0 Å². The maximum Gasteiger partial charge on any atom is 0.135 e. The van der Waals surface area contributed by atoms with Gasteiger partial charge in [-0.3, -0.25) is 4.79 Å². The van der Waals surface area contributed by atoms with E-state index in [-0.39, 0.29) is 5.92 Å². The minimum absolute atomic E-state index is 0.173. The zero-order valence-corrected chi connectivity index (χ0v) is 30.3. The van der Waals surface area contributed by atoms with Gasteiger partial charge in [0.15, 0.2) is 0 Å². The molecule has 2 rings (SSSR count). The SMILES string of the molecule is CCC(CC=O)CCC(C)C[C@@H](C)CC(C)C(=O)CCC(C)CC(C)C(/C=C\CCCC1C(C)C2CC(C)CCC12)CC. The molecule has 0 radical (unpaired) electrons. The topological polar surface area (TPSA) is 34.1 Å². The lowest BCUT2D eigenvalue weighted by Crippen LogP contribution is -2.48. The lowest BCUT2D eigenvalue weighted by molar-refractivity contribution is -0.123. The summed E-state index contributed by atoms with van der Waals surface area (Å²) in [6.07, 6.45) is 25.2. The third kappa shape index (κ3) is 13.1. The summed E-state index contributed by atoms with van der Waals surface area (Å²) in [5.41, 5.74) is 0. The summed E-state index contributed by atoms with van der Waals surface area (Å²) in [5.74, 6) is 9.41. The van der Waals surface area contributed by atoms with Crippen LogP contribution in [0.1, 0.15) is 165 Å². The molecule has 250 valence electrons.